The standard InChI is InChI=1S/C23H23N3O2/c27-22(25-20-10-4-8-19-9-5-13-24-21(19)20)23(28)26-14-11-18(12-15-26)16-17-6-2-1-3-7-17/h1-10,13,18H,11-12,14-16H2,(H,25,27). The van der Waals surface area contributed by atoms with Crippen molar-refractivity contribution in [3.05, 3.63) is 72.4 Å². The number of nitrogens with zero attached hydrogens (tertiary/aromatic N) is 2. The highest BCUT2D eigenvalue weighted by Crippen LogP contribution is 2.23. The zero-order valence-corrected chi connectivity index (χ0v) is 15.7. The number of aromatic nitrogens is 1. The van der Waals surface area contributed by atoms with Crippen molar-refractivity contribution in [2.75, 3.05) is 18.4 Å². The van der Waals surface area contributed by atoms with E-state index in [0.29, 0.717) is 30.2 Å². The molecule has 1 saturated heterocycles. The van der Waals surface area contributed by atoms with Gasteiger partial charge in [0, 0.05) is 24.7 Å². The summed E-state index contributed by atoms with van der Waals surface area (Å²) < 4.78 is 0. The molecule has 2 amide bonds. The van der Waals surface area contributed by atoms with Crippen LogP contribution in [0.1, 0.15) is 18.4 Å². The van der Waals surface area contributed by atoms with E-state index in [9.17, 15) is 9.59 Å². The average Bonchev–Trinajstić information content (AvgIpc) is 2.75. The lowest BCUT2D eigenvalue weighted by molar-refractivity contribution is -0.144. The molecular weight excluding hydrogens is 350 g/mol. The molecule has 2 heterocycles. The summed E-state index contributed by atoms with van der Waals surface area (Å²) in [5.74, 6) is -0.512. The monoisotopic (exact) mass is 373 g/mol. The SMILES string of the molecule is O=C(Nc1cccc2cccnc12)C(=O)N1CCC(Cc2ccccc2)CC1. The van der Waals surface area contributed by atoms with Crippen LogP contribution in [0.3, 0.4) is 0 Å². The summed E-state index contributed by atoms with van der Waals surface area (Å²) in [6.45, 7) is 1.25. The van der Waals surface area contributed by atoms with Gasteiger partial charge in [-0.1, -0.05) is 48.5 Å². The van der Waals surface area contributed by atoms with Crippen molar-refractivity contribution in [2.24, 2.45) is 5.92 Å². The fourth-order valence-corrected chi connectivity index (χ4v) is 3.81. The second-order valence-corrected chi connectivity index (χ2v) is 7.26. The molecule has 0 bridgehead atoms. The molecule has 1 aromatic heterocycles. The number of fused-ring (bicyclic) bond motifs is 1. The Hall–Kier alpha value is -3.21. The maximum Gasteiger partial charge on any atom is 0.313 e. The molecule has 0 spiro atoms. The summed E-state index contributed by atoms with van der Waals surface area (Å²) in [6, 6.07) is 19.7. The van der Waals surface area contributed by atoms with Crippen molar-refractivity contribution >= 4 is 28.4 Å². The van der Waals surface area contributed by atoms with Gasteiger partial charge in [0.1, 0.15) is 0 Å². The molecule has 0 saturated carbocycles. The Morgan fingerprint density at radius 2 is 1.71 bits per heavy atom. The summed E-state index contributed by atoms with van der Waals surface area (Å²) in [4.78, 5) is 31.1. The van der Waals surface area contributed by atoms with E-state index in [0.717, 1.165) is 24.6 Å². The van der Waals surface area contributed by atoms with Gasteiger partial charge in [-0.3, -0.25) is 14.6 Å². The number of anilines is 1. The number of pyridine rings is 1. The number of amides is 2. The van der Waals surface area contributed by atoms with Crippen molar-refractivity contribution in [1.82, 2.24) is 9.88 Å². The van der Waals surface area contributed by atoms with Crippen molar-refractivity contribution in [1.29, 1.82) is 0 Å². The van der Waals surface area contributed by atoms with E-state index in [1.54, 1.807) is 17.2 Å². The third-order valence-corrected chi connectivity index (χ3v) is 5.34. The highest BCUT2D eigenvalue weighted by Gasteiger charge is 2.27. The quantitative estimate of drug-likeness (QED) is 0.713. The number of rotatable bonds is 3. The Morgan fingerprint density at radius 1 is 0.964 bits per heavy atom. The highest BCUT2D eigenvalue weighted by atomic mass is 16.2. The first-order chi connectivity index (χ1) is 13.7. The molecule has 0 radical (unpaired) electrons. The summed E-state index contributed by atoms with van der Waals surface area (Å²) in [7, 11) is 0. The van der Waals surface area contributed by atoms with Gasteiger partial charge in [0.05, 0.1) is 11.2 Å². The third kappa shape index (κ3) is 4.03. The van der Waals surface area contributed by atoms with Gasteiger partial charge in [-0.05, 0) is 42.9 Å². The van der Waals surface area contributed by atoms with Gasteiger partial charge in [-0.25, -0.2) is 0 Å². The summed E-state index contributed by atoms with van der Waals surface area (Å²) in [5, 5.41) is 3.67. The van der Waals surface area contributed by atoms with Crippen LogP contribution in [-0.4, -0.2) is 34.8 Å². The van der Waals surface area contributed by atoms with Crippen molar-refractivity contribution in [3.63, 3.8) is 0 Å². The summed E-state index contributed by atoms with van der Waals surface area (Å²) in [6.07, 6.45) is 4.54. The number of piperidine rings is 1. The number of likely N-dealkylation sites (tertiary alicyclic amines) is 1. The van der Waals surface area contributed by atoms with Crippen LogP contribution in [0.4, 0.5) is 5.69 Å². The molecule has 2 aromatic carbocycles. The predicted octanol–water partition coefficient (Wildman–Crippen LogP) is 3.65. The Kier molecular flexibility index (Phi) is 5.33. The van der Waals surface area contributed by atoms with E-state index in [1.165, 1.54) is 5.56 Å². The second-order valence-electron chi connectivity index (χ2n) is 7.26. The lowest BCUT2D eigenvalue weighted by Gasteiger charge is -2.31. The van der Waals surface area contributed by atoms with Crippen molar-refractivity contribution < 1.29 is 9.59 Å². The van der Waals surface area contributed by atoms with Gasteiger partial charge in [-0.15, -0.1) is 0 Å². The molecule has 3 aromatic rings. The molecule has 1 aliphatic rings. The van der Waals surface area contributed by atoms with Gasteiger partial charge < -0.3 is 10.2 Å². The molecule has 4 rings (SSSR count). The molecule has 142 valence electrons. The van der Waals surface area contributed by atoms with E-state index in [2.05, 4.69) is 34.6 Å². The van der Waals surface area contributed by atoms with Crippen LogP contribution in [0.5, 0.6) is 0 Å². The number of hydrogen-bond donors (Lipinski definition) is 1. The highest BCUT2D eigenvalue weighted by molar-refractivity contribution is 6.40. The first-order valence-corrected chi connectivity index (χ1v) is 9.68. The number of hydrogen-bond acceptors (Lipinski definition) is 3. The zero-order valence-electron chi connectivity index (χ0n) is 15.7. The summed E-state index contributed by atoms with van der Waals surface area (Å²) >= 11 is 0. The molecule has 0 atom stereocenters. The Morgan fingerprint density at radius 3 is 2.50 bits per heavy atom. The van der Waals surface area contributed by atoms with Crippen LogP contribution < -0.4 is 5.32 Å². The number of carbonyl (C=O) groups excluding carboxylic acids is 2. The smallest absolute Gasteiger partial charge is 0.313 e. The van der Waals surface area contributed by atoms with Crippen LogP contribution in [0, 0.1) is 5.92 Å². The maximum absolute atomic E-state index is 12.6. The van der Waals surface area contributed by atoms with E-state index in [-0.39, 0.29) is 0 Å². The van der Waals surface area contributed by atoms with Gasteiger partial charge in [0.2, 0.25) is 0 Å². The van der Waals surface area contributed by atoms with E-state index >= 15 is 0 Å². The topological polar surface area (TPSA) is 62.3 Å². The first kappa shape index (κ1) is 18.2. The fraction of sp³-hybridized carbons (Fsp3) is 0.261. The maximum atomic E-state index is 12.6. The normalized spacial score (nSPS) is 14.8. The zero-order chi connectivity index (χ0) is 19.3. The van der Waals surface area contributed by atoms with Gasteiger partial charge in [0.25, 0.3) is 0 Å². The first-order valence-electron chi connectivity index (χ1n) is 9.68. The van der Waals surface area contributed by atoms with Crippen LogP contribution in [-0.2, 0) is 16.0 Å². The van der Waals surface area contributed by atoms with Crippen LogP contribution in [0.2, 0.25) is 0 Å². The van der Waals surface area contributed by atoms with Gasteiger partial charge >= 0.3 is 11.8 Å². The number of nitrogens with one attached hydrogen (secondary N) is 1. The summed E-state index contributed by atoms with van der Waals surface area (Å²) in [5.41, 5.74) is 2.58. The fourth-order valence-electron chi connectivity index (χ4n) is 3.81. The third-order valence-electron chi connectivity index (χ3n) is 5.34. The molecule has 5 nitrogen and oxygen atoms in total. The molecule has 1 N–H and O–H groups in total. The lowest BCUT2D eigenvalue weighted by Crippen LogP contribution is -2.44. The van der Waals surface area contributed by atoms with Crippen LogP contribution in [0.25, 0.3) is 10.9 Å². The Balaban J connectivity index is 1.35. The molecule has 0 aliphatic carbocycles. The van der Waals surface area contributed by atoms with E-state index < -0.39 is 11.8 Å². The van der Waals surface area contributed by atoms with E-state index in [4.69, 9.17) is 0 Å². The second kappa shape index (κ2) is 8.21. The lowest BCUT2D eigenvalue weighted by atomic mass is 9.90. The largest absolute Gasteiger partial charge is 0.334 e. The molecule has 0 unspecified atom stereocenters. The predicted molar refractivity (Wildman–Crippen MR) is 110 cm³/mol. The minimum absolute atomic E-state index is 0.467. The molecule has 5 heteroatoms. The Labute approximate surface area is 164 Å². The van der Waals surface area contributed by atoms with Crippen LogP contribution >= 0.6 is 0 Å². The van der Waals surface area contributed by atoms with Crippen LogP contribution in [0.15, 0.2) is 66.9 Å². The molecular formula is C23H23N3O2. The number of benzene rings is 2. The Bertz CT molecular complexity index is 974. The van der Waals surface area contributed by atoms with Crippen molar-refractivity contribution in [3.8, 4) is 0 Å². The van der Waals surface area contributed by atoms with Gasteiger partial charge in [-0.2, -0.15) is 0 Å². The number of para-hydroxylation sites is 1. The van der Waals surface area contributed by atoms with Crippen molar-refractivity contribution in [2.45, 2.75) is 19.3 Å². The molecule has 1 aliphatic heterocycles. The van der Waals surface area contributed by atoms with E-state index in [1.807, 2.05) is 30.3 Å². The average molecular weight is 373 g/mol. The van der Waals surface area contributed by atoms with Gasteiger partial charge in [0.15, 0.2) is 0 Å². The number of carbonyl (C=O) groups is 2. The molecule has 1 fully saturated rings. The minimum Gasteiger partial charge on any atom is -0.334 e. The minimum atomic E-state index is -0.598. The molecule has 28 heavy (non-hydrogen) atoms.